The number of amides is 2. The predicted molar refractivity (Wildman–Crippen MR) is 101 cm³/mol. The maximum Gasteiger partial charge on any atom is 0.244 e. The van der Waals surface area contributed by atoms with E-state index >= 15 is 0 Å². The van der Waals surface area contributed by atoms with E-state index in [-0.39, 0.29) is 18.4 Å². The van der Waals surface area contributed by atoms with Crippen molar-refractivity contribution in [3.05, 3.63) is 64.7 Å². The Morgan fingerprint density at radius 1 is 1.08 bits per heavy atom. The summed E-state index contributed by atoms with van der Waals surface area (Å²) in [4.78, 5) is 26.0. The van der Waals surface area contributed by atoms with Crippen molar-refractivity contribution in [2.75, 3.05) is 11.9 Å². The van der Waals surface area contributed by atoms with Crippen molar-refractivity contribution < 1.29 is 9.59 Å². The van der Waals surface area contributed by atoms with Crippen LogP contribution in [0.25, 0.3) is 0 Å². The molecule has 0 unspecified atom stereocenters. The molecule has 0 aliphatic carbocycles. The molecule has 0 aromatic heterocycles. The molecule has 25 heavy (non-hydrogen) atoms. The van der Waals surface area contributed by atoms with Crippen LogP contribution in [0.5, 0.6) is 0 Å². The Kier molecular flexibility index (Phi) is 6.34. The van der Waals surface area contributed by atoms with Gasteiger partial charge in [0.2, 0.25) is 11.8 Å². The molecule has 2 rings (SSSR count). The van der Waals surface area contributed by atoms with E-state index in [4.69, 9.17) is 0 Å². The first-order chi connectivity index (χ1) is 11.9. The van der Waals surface area contributed by atoms with Gasteiger partial charge in [0.05, 0.1) is 0 Å². The van der Waals surface area contributed by atoms with E-state index < -0.39 is 0 Å². The van der Waals surface area contributed by atoms with Crippen LogP contribution >= 0.6 is 0 Å². The van der Waals surface area contributed by atoms with Crippen LogP contribution in [0, 0.1) is 13.8 Å². The number of rotatable bonds is 6. The molecule has 0 aliphatic rings. The van der Waals surface area contributed by atoms with Crippen molar-refractivity contribution >= 4 is 17.5 Å². The second-order valence-electron chi connectivity index (χ2n) is 6.37. The molecule has 0 heterocycles. The number of hydrogen-bond donors (Lipinski definition) is 1. The molecule has 0 radical (unpaired) electrons. The number of aryl methyl sites for hydroxylation is 3. The first-order valence-electron chi connectivity index (χ1n) is 8.60. The monoisotopic (exact) mass is 338 g/mol. The molecule has 0 spiro atoms. The molecule has 4 nitrogen and oxygen atoms in total. The lowest BCUT2D eigenvalue weighted by molar-refractivity contribution is -0.133. The van der Waals surface area contributed by atoms with Crippen molar-refractivity contribution in [1.29, 1.82) is 0 Å². The zero-order valence-electron chi connectivity index (χ0n) is 15.4. The fraction of sp³-hybridized carbons (Fsp3) is 0.333. The summed E-state index contributed by atoms with van der Waals surface area (Å²) >= 11 is 0. The van der Waals surface area contributed by atoms with E-state index in [1.807, 2.05) is 56.3 Å². The van der Waals surface area contributed by atoms with Gasteiger partial charge < -0.3 is 10.2 Å². The summed E-state index contributed by atoms with van der Waals surface area (Å²) in [6, 6.07) is 14.0. The SMILES string of the molecule is CCc1cccc(C)c1NC(=O)CN(Cc1cccc(C)c1)C(C)=O. The Morgan fingerprint density at radius 3 is 2.44 bits per heavy atom. The molecule has 2 aromatic rings. The predicted octanol–water partition coefficient (Wildman–Crippen LogP) is 3.85. The summed E-state index contributed by atoms with van der Waals surface area (Å²) in [5.74, 6) is -0.288. The van der Waals surface area contributed by atoms with Gasteiger partial charge in [-0.2, -0.15) is 0 Å². The summed E-state index contributed by atoms with van der Waals surface area (Å²) < 4.78 is 0. The Labute approximate surface area is 149 Å². The molecule has 2 amide bonds. The number of carbonyl (C=O) groups excluding carboxylic acids is 2. The van der Waals surface area contributed by atoms with Crippen LogP contribution in [0.4, 0.5) is 5.69 Å². The zero-order chi connectivity index (χ0) is 18.4. The number of nitrogens with one attached hydrogen (secondary N) is 1. The van der Waals surface area contributed by atoms with Crippen LogP contribution in [-0.4, -0.2) is 23.3 Å². The molecule has 2 aromatic carbocycles. The first kappa shape index (κ1) is 18.7. The minimum Gasteiger partial charge on any atom is -0.329 e. The highest BCUT2D eigenvalue weighted by molar-refractivity contribution is 5.95. The summed E-state index contributed by atoms with van der Waals surface area (Å²) in [5, 5.41) is 2.98. The molecule has 132 valence electrons. The Balaban J connectivity index is 2.10. The second kappa shape index (κ2) is 8.47. The maximum absolute atomic E-state index is 12.5. The lowest BCUT2D eigenvalue weighted by Gasteiger charge is -2.22. The van der Waals surface area contributed by atoms with Crippen molar-refractivity contribution in [3.8, 4) is 0 Å². The van der Waals surface area contributed by atoms with Gasteiger partial charge in [0, 0.05) is 19.2 Å². The van der Waals surface area contributed by atoms with Gasteiger partial charge in [0.25, 0.3) is 0 Å². The normalized spacial score (nSPS) is 10.4. The Morgan fingerprint density at radius 2 is 1.80 bits per heavy atom. The molecule has 4 heteroatoms. The van der Waals surface area contributed by atoms with Crippen molar-refractivity contribution in [2.45, 2.75) is 40.7 Å². The molecule has 0 bridgehead atoms. The third kappa shape index (κ3) is 5.18. The van der Waals surface area contributed by atoms with Gasteiger partial charge in [-0.1, -0.05) is 55.0 Å². The van der Waals surface area contributed by atoms with Gasteiger partial charge in [-0.25, -0.2) is 0 Å². The van der Waals surface area contributed by atoms with Gasteiger partial charge >= 0.3 is 0 Å². The molecule has 0 saturated heterocycles. The van der Waals surface area contributed by atoms with Gasteiger partial charge in [-0.3, -0.25) is 9.59 Å². The molecular formula is C21H26N2O2. The van der Waals surface area contributed by atoms with Crippen LogP contribution in [0.2, 0.25) is 0 Å². The van der Waals surface area contributed by atoms with E-state index in [1.165, 1.54) is 6.92 Å². The fourth-order valence-corrected chi connectivity index (χ4v) is 2.86. The molecule has 0 fully saturated rings. The third-order valence-electron chi connectivity index (χ3n) is 4.24. The Bertz CT molecular complexity index is 768. The first-order valence-corrected chi connectivity index (χ1v) is 8.60. The summed E-state index contributed by atoms with van der Waals surface area (Å²) in [6.07, 6.45) is 0.844. The summed E-state index contributed by atoms with van der Waals surface area (Å²) in [5.41, 5.74) is 5.14. The summed E-state index contributed by atoms with van der Waals surface area (Å²) in [6.45, 7) is 8.01. The van der Waals surface area contributed by atoms with Crippen molar-refractivity contribution in [3.63, 3.8) is 0 Å². The maximum atomic E-state index is 12.5. The molecule has 0 atom stereocenters. The van der Waals surface area contributed by atoms with Crippen LogP contribution in [0.3, 0.4) is 0 Å². The third-order valence-corrected chi connectivity index (χ3v) is 4.24. The minimum atomic E-state index is -0.174. The molecule has 0 aliphatic heterocycles. The van der Waals surface area contributed by atoms with E-state index in [0.29, 0.717) is 6.54 Å². The number of hydrogen-bond acceptors (Lipinski definition) is 2. The van der Waals surface area contributed by atoms with E-state index in [1.54, 1.807) is 4.90 Å². The Hall–Kier alpha value is -2.62. The highest BCUT2D eigenvalue weighted by Crippen LogP contribution is 2.21. The second-order valence-corrected chi connectivity index (χ2v) is 6.37. The highest BCUT2D eigenvalue weighted by atomic mass is 16.2. The van der Waals surface area contributed by atoms with Crippen LogP contribution in [0.15, 0.2) is 42.5 Å². The fourth-order valence-electron chi connectivity index (χ4n) is 2.86. The van der Waals surface area contributed by atoms with Crippen LogP contribution in [-0.2, 0) is 22.6 Å². The minimum absolute atomic E-state index is 0.0424. The topological polar surface area (TPSA) is 49.4 Å². The van der Waals surface area contributed by atoms with Crippen molar-refractivity contribution in [2.24, 2.45) is 0 Å². The number of nitrogens with zero attached hydrogens (tertiary/aromatic N) is 1. The van der Waals surface area contributed by atoms with Crippen LogP contribution in [0.1, 0.15) is 36.1 Å². The van der Waals surface area contributed by atoms with E-state index in [9.17, 15) is 9.59 Å². The van der Waals surface area contributed by atoms with Gasteiger partial charge in [-0.05, 0) is 37.0 Å². The van der Waals surface area contributed by atoms with Crippen LogP contribution < -0.4 is 5.32 Å². The molecular weight excluding hydrogens is 312 g/mol. The van der Waals surface area contributed by atoms with Crippen molar-refractivity contribution in [1.82, 2.24) is 4.90 Å². The zero-order valence-corrected chi connectivity index (χ0v) is 15.4. The van der Waals surface area contributed by atoms with Gasteiger partial charge in [-0.15, -0.1) is 0 Å². The molecule has 0 saturated carbocycles. The highest BCUT2D eigenvalue weighted by Gasteiger charge is 2.16. The average Bonchev–Trinajstić information content (AvgIpc) is 2.56. The number of para-hydroxylation sites is 1. The summed E-state index contributed by atoms with van der Waals surface area (Å²) in [7, 11) is 0. The smallest absolute Gasteiger partial charge is 0.244 e. The lowest BCUT2D eigenvalue weighted by Crippen LogP contribution is -2.36. The average molecular weight is 338 g/mol. The van der Waals surface area contributed by atoms with E-state index in [0.717, 1.165) is 34.4 Å². The quantitative estimate of drug-likeness (QED) is 0.869. The van der Waals surface area contributed by atoms with Gasteiger partial charge in [0.15, 0.2) is 0 Å². The number of anilines is 1. The van der Waals surface area contributed by atoms with Gasteiger partial charge in [0.1, 0.15) is 6.54 Å². The molecule has 1 N–H and O–H groups in total. The lowest BCUT2D eigenvalue weighted by atomic mass is 10.1. The largest absolute Gasteiger partial charge is 0.329 e. The standard InChI is InChI=1S/C21H26N2O2/c1-5-19-11-7-9-16(3)21(19)22-20(25)14-23(17(4)24)13-18-10-6-8-15(2)12-18/h6-12H,5,13-14H2,1-4H3,(H,22,25). The number of benzene rings is 2. The number of carbonyl (C=O) groups is 2. The van der Waals surface area contributed by atoms with E-state index in [2.05, 4.69) is 12.2 Å².